The average Bonchev–Trinajstić information content (AvgIpc) is 2.84. The molecule has 2 aromatic rings. The largest absolute Gasteiger partial charge is 0.497 e. The Bertz CT molecular complexity index is 1420. The summed E-state index contributed by atoms with van der Waals surface area (Å²) in [6.45, 7) is 13.5. The Morgan fingerprint density at radius 1 is 0.929 bits per heavy atom. The number of rotatable bonds is 7. The molecule has 11 heteroatoms. The van der Waals surface area contributed by atoms with Crippen LogP contribution < -0.4 is 9.57 Å². The molecule has 1 saturated carbocycles. The molecule has 1 fully saturated rings. The summed E-state index contributed by atoms with van der Waals surface area (Å²) in [5.74, 6) is -4.37. The summed E-state index contributed by atoms with van der Waals surface area (Å²) in [5, 5.41) is 16.0. The van der Waals surface area contributed by atoms with E-state index in [-0.39, 0.29) is 17.0 Å². The van der Waals surface area contributed by atoms with E-state index in [0.717, 1.165) is 5.56 Å². The third-order valence-electron chi connectivity index (χ3n) is 6.75. The van der Waals surface area contributed by atoms with Gasteiger partial charge < -0.3 is 19.3 Å². The number of carbonyl (C=O) groups excluding carboxylic acids is 2. The van der Waals surface area contributed by atoms with Crippen LogP contribution in [0.2, 0.25) is 0 Å². The van der Waals surface area contributed by atoms with Crippen molar-refractivity contribution in [3.63, 3.8) is 0 Å². The molecule has 0 spiro atoms. The van der Waals surface area contributed by atoms with Crippen LogP contribution in [0.25, 0.3) is 0 Å². The first-order valence-electron chi connectivity index (χ1n) is 13.7. The molecule has 0 amide bonds. The standard InChI is InChI=1S/C31H42N2O8S/c1-19-10-16-22(17-11-19)42(37,38)33-32-23-18-31(8,36)26(28(35)41-30(5,6)7)24(20-12-14-21(39-9)15-13-20)25(23)27(34)40-29(2,3)4/h10-17,24-26,33,36H,18H2,1-9H3/b32-23+. The monoisotopic (exact) mass is 602 g/mol. The van der Waals surface area contributed by atoms with Crippen LogP contribution in [0.15, 0.2) is 58.5 Å². The first-order chi connectivity index (χ1) is 19.2. The zero-order valence-corrected chi connectivity index (χ0v) is 26.5. The van der Waals surface area contributed by atoms with Gasteiger partial charge in [0.25, 0.3) is 10.0 Å². The number of aryl methyl sites for hydroxylation is 1. The Morgan fingerprint density at radius 2 is 1.45 bits per heavy atom. The highest BCUT2D eigenvalue weighted by Crippen LogP contribution is 2.48. The zero-order chi connectivity index (χ0) is 31.7. The van der Waals surface area contributed by atoms with E-state index in [1.165, 1.54) is 26.2 Å². The van der Waals surface area contributed by atoms with Crippen LogP contribution in [-0.4, -0.2) is 55.1 Å². The maximum Gasteiger partial charge on any atom is 0.315 e. The van der Waals surface area contributed by atoms with Crippen molar-refractivity contribution in [2.45, 2.75) is 89.4 Å². The number of hydrazone groups is 1. The maximum atomic E-state index is 13.9. The predicted octanol–water partition coefficient (Wildman–Crippen LogP) is 4.49. The summed E-state index contributed by atoms with van der Waals surface area (Å²) in [6, 6.07) is 12.9. The molecule has 0 bridgehead atoms. The van der Waals surface area contributed by atoms with Crippen molar-refractivity contribution >= 4 is 27.7 Å². The number of ether oxygens (including phenoxy) is 3. The van der Waals surface area contributed by atoms with Gasteiger partial charge in [0.2, 0.25) is 0 Å². The molecule has 3 rings (SSSR count). The SMILES string of the molecule is COc1ccc(C2C(C(=O)OC(C)(C)C)/C(=N/NS(=O)(=O)c3ccc(C)cc3)CC(C)(O)C2C(=O)OC(C)(C)C)cc1. The van der Waals surface area contributed by atoms with Crippen molar-refractivity contribution in [3.05, 3.63) is 59.7 Å². The minimum absolute atomic E-state index is 0.0190. The summed E-state index contributed by atoms with van der Waals surface area (Å²) in [6.07, 6.45) is -0.302. The molecular weight excluding hydrogens is 560 g/mol. The highest BCUT2D eigenvalue weighted by molar-refractivity contribution is 7.89. The normalized spacial score (nSPS) is 24.1. The summed E-state index contributed by atoms with van der Waals surface area (Å²) < 4.78 is 43.0. The first-order valence-corrected chi connectivity index (χ1v) is 15.2. The van der Waals surface area contributed by atoms with E-state index in [1.54, 1.807) is 77.9 Å². The van der Waals surface area contributed by atoms with Gasteiger partial charge in [-0.05, 0) is 85.2 Å². The number of methoxy groups -OCH3 is 1. The third-order valence-corrected chi connectivity index (χ3v) is 7.97. The maximum absolute atomic E-state index is 13.9. The van der Waals surface area contributed by atoms with Gasteiger partial charge in [0.1, 0.15) is 22.9 Å². The fourth-order valence-electron chi connectivity index (χ4n) is 5.00. The predicted molar refractivity (Wildman–Crippen MR) is 159 cm³/mol. The summed E-state index contributed by atoms with van der Waals surface area (Å²) in [7, 11) is -2.61. The Hall–Kier alpha value is -3.44. The second kappa shape index (κ2) is 12.0. The number of benzene rings is 2. The number of esters is 2. The number of sulfonamides is 1. The fourth-order valence-corrected chi connectivity index (χ4v) is 5.83. The van der Waals surface area contributed by atoms with E-state index >= 15 is 0 Å². The van der Waals surface area contributed by atoms with Gasteiger partial charge in [-0.1, -0.05) is 29.8 Å². The molecule has 0 aliphatic heterocycles. The first kappa shape index (κ1) is 33.1. The molecule has 42 heavy (non-hydrogen) atoms. The lowest BCUT2D eigenvalue weighted by molar-refractivity contribution is -0.175. The minimum Gasteiger partial charge on any atom is -0.497 e. The Labute approximate surface area is 248 Å². The van der Waals surface area contributed by atoms with Gasteiger partial charge in [-0.25, -0.2) is 4.83 Å². The molecule has 2 N–H and O–H groups in total. The van der Waals surface area contributed by atoms with Gasteiger partial charge in [-0.3, -0.25) is 9.59 Å². The van der Waals surface area contributed by atoms with E-state index in [2.05, 4.69) is 9.93 Å². The lowest BCUT2D eigenvalue weighted by Gasteiger charge is -2.46. The third kappa shape index (κ3) is 8.10. The average molecular weight is 603 g/mol. The summed E-state index contributed by atoms with van der Waals surface area (Å²) >= 11 is 0. The van der Waals surface area contributed by atoms with E-state index < -0.39 is 56.5 Å². The topological polar surface area (TPSA) is 141 Å². The van der Waals surface area contributed by atoms with Crippen LogP contribution in [0.4, 0.5) is 0 Å². The molecule has 4 unspecified atom stereocenters. The van der Waals surface area contributed by atoms with Crippen molar-refractivity contribution < 1.29 is 37.3 Å². The van der Waals surface area contributed by atoms with Gasteiger partial charge in [-0.15, -0.1) is 0 Å². The van der Waals surface area contributed by atoms with Gasteiger partial charge in [0.05, 0.1) is 29.2 Å². The molecule has 0 heterocycles. The van der Waals surface area contributed by atoms with Crippen molar-refractivity contribution in [1.29, 1.82) is 0 Å². The van der Waals surface area contributed by atoms with Crippen molar-refractivity contribution in [2.24, 2.45) is 16.9 Å². The Morgan fingerprint density at radius 3 is 1.95 bits per heavy atom. The molecule has 10 nitrogen and oxygen atoms in total. The van der Waals surface area contributed by atoms with Crippen LogP contribution in [-0.2, 0) is 29.1 Å². The van der Waals surface area contributed by atoms with E-state index in [1.807, 2.05) is 6.92 Å². The van der Waals surface area contributed by atoms with E-state index in [0.29, 0.717) is 11.3 Å². The molecule has 4 atom stereocenters. The Kier molecular flexibility index (Phi) is 9.48. The lowest BCUT2D eigenvalue weighted by Crippen LogP contribution is -2.56. The second-order valence-corrected chi connectivity index (χ2v) is 14.5. The Balaban J connectivity index is 2.22. The van der Waals surface area contributed by atoms with E-state index in [9.17, 15) is 23.1 Å². The van der Waals surface area contributed by atoms with E-state index in [4.69, 9.17) is 14.2 Å². The second-order valence-electron chi connectivity index (χ2n) is 12.9. The van der Waals surface area contributed by atoms with Crippen LogP contribution in [0, 0.1) is 18.8 Å². The zero-order valence-electron chi connectivity index (χ0n) is 25.7. The molecule has 0 aromatic heterocycles. The van der Waals surface area contributed by atoms with Crippen molar-refractivity contribution in [3.8, 4) is 5.75 Å². The number of hydrogen-bond donors (Lipinski definition) is 2. The highest BCUT2D eigenvalue weighted by Gasteiger charge is 2.57. The molecule has 230 valence electrons. The summed E-state index contributed by atoms with van der Waals surface area (Å²) in [5.41, 5.74) is -2.15. The van der Waals surface area contributed by atoms with Gasteiger partial charge in [-0.2, -0.15) is 13.5 Å². The molecule has 2 aromatic carbocycles. The smallest absolute Gasteiger partial charge is 0.315 e. The number of nitrogens with zero attached hydrogens (tertiary/aromatic N) is 1. The quantitative estimate of drug-likeness (QED) is 0.349. The van der Waals surface area contributed by atoms with Gasteiger partial charge >= 0.3 is 11.9 Å². The number of carbonyl (C=O) groups is 2. The van der Waals surface area contributed by atoms with Crippen LogP contribution >= 0.6 is 0 Å². The van der Waals surface area contributed by atoms with Crippen LogP contribution in [0.5, 0.6) is 5.75 Å². The van der Waals surface area contributed by atoms with Crippen molar-refractivity contribution in [1.82, 2.24) is 4.83 Å². The molecule has 1 aliphatic rings. The summed E-state index contributed by atoms with van der Waals surface area (Å²) in [4.78, 5) is 29.8. The van der Waals surface area contributed by atoms with Crippen molar-refractivity contribution in [2.75, 3.05) is 7.11 Å². The number of hydrogen-bond acceptors (Lipinski definition) is 9. The van der Waals surface area contributed by atoms with Crippen LogP contribution in [0.3, 0.4) is 0 Å². The minimum atomic E-state index is -4.12. The lowest BCUT2D eigenvalue weighted by atomic mass is 9.61. The molecule has 1 aliphatic carbocycles. The number of nitrogens with one attached hydrogen (secondary N) is 1. The molecular formula is C31H42N2O8S. The van der Waals surface area contributed by atoms with Crippen LogP contribution in [0.1, 0.15) is 71.9 Å². The van der Waals surface area contributed by atoms with Gasteiger partial charge in [0.15, 0.2) is 0 Å². The molecule has 0 radical (unpaired) electrons. The van der Waals surface area contributed by atoms with Gasteiger partial charge in [0, 0.05) is 12.3 Å². The molecule has 0 saturated heterocycles. The fraction of sp³-hybridized carbons (Fsp3) is 0.516. The highest BCUT2D eigenvalue weighted by atomic mass is 32.2. The number of aliphatic hydroxyl groups is 1.